The summed E-state index contributed by atoms with van der Waals surface area (Å²) < 4.78 is 0. The third kappa shape index (κ3) is 1.91. The maximum atomic E-state index is 3.86. The Morgan fingerprint density at radius 3 is 2.33 bits per heavy atom. The van der Waals surface area contributed by atoms with Crippen molar-refractivity contribution in [2.45, 2.75) is 25.3 Å². The van der Waals surface area contributed by atoms with Gasteiger partial charge in [-0.15, -0.1) is 0 Å². The van der Waals surface area contributed by atoms with Crippen LogP contribution in [0.15, 0.2) is 0 Å². The smallest absolute Gasteiger partial charge is 0.0136 e. The molecule has 4 unspecified atom stereocenters. The standard InChI is InChI=1S/C15H27N3/c1-17-6-8-18(9-7-17)5-4-16-15-13-11-2-3-12(10-11)14(13)15/h11-16H,2-10H2,1H3. The first kappa shape index (κ1) is 11.7. The second-order valence-corrected chi connectivity index (χ2v) is 7.11. The Balaban J connectivity index is 1.18. The van der Waals surface area contributed by atoms with Crippen molar-refractivity contribution in [1.29, 1.82) is 0 Å². The molecular formula is C15H27N3. The Morgan fingerprint density at radius 1 is 1.00 bits per heavy atom. The van der Waals surface area contributed by atoms with Crippen LogP contribution in [0.2, 0.25) is 0 Å². The Bertz CT molecular complexity index is 295. The molecule has 0 aromatic carbocycles. The van der Waals surface area contributed by atoms with Crippen molar-refractivity contribution < 1.29 is 0 Å². The van der Waals surface area contributed by atoms with E-state index in [0.29, 0.717) is 0 Å². The first-order valence-corrected chi connectivity index (χ1v) is 7.97. The molecule has 1 N–H and O–H groups in total. The Kier molecular flexibility index (Phi) is 2.90. The molecule has 2 bridgehead atoms. The zero-order chi connectivity index (χ0) is 12.1. The fourth-order valence-corrected chi connectivity index (χ4v) is 5.06. The third-order valence-electron chi connectivity index (χ3n) is 6.14. The van der Waals surface area contributed by atoms with Crippen molar-refractivity contribution in [3.8, 4) is 0 Å². The van der Waals surface area contributed by atoms with E-state index >= 15 is 0 Å². The molecule has 3 heteroatoms. The van der Waals surface area contributed by atoms with Gasteiger partial charge in [0.15, 0.2) is 0 Å². The van der Waals surface area contributed by atoms with Crippen LogP contribution < -0.4 is 5.32 Å². The lowest BCUT2D eigenvalue weighted by molar-refractivity contribution is 0.154. The van der Waals surface area contributed by atoms with E-state index in [1.807, 2.05) is 0 Å². The van der Waals surface area contributed by atoms with Crippen LogP contribution in [0.25, 0.3) is 0 Å². The minimum absolute atomic E-state index is 0.920. The van der Waals surface area contributed by atoms with Crippen LogP contribution in [0.3, 0.4) is 0 Å². The maximum absolute atomic E-state index is 3.86. The van der Waals surface area contributed by atoms with Crippen molar-refractivity contribution in [3.63, 3.8) is 0 Å². The fourth-order valence-electron chi connectivity index (χ4n) is 5.06. The quantitative estimate of drug-likeness (QED) is 0.797. The summed E-state index contributed by atoms with van der Waals surface area (Å²) in [5.74, 6) is 4.41. The summed E-state index contributed by atoms with van der Waals surface area (Å²) in [6, 6.07) is 0.920. The Labute approximate surface area is 111 Å². The van der Waals surface area contributed by atoms with Gasteiger partial charge in [-0.2, -0.15) is 0 Å². The lowest BCUT2D eigenvalue weighted by Crippen LogP contribution is -2.46. The normalized spacial score (nSPS) is 47.5. The molecule has 0 radical (unpaired) electrons. The molecule has 3 saturated carbocycles. The molecule has 102 valence electrons. The van der Waals surface area contributed by atoms with Gasteiger partial charge in [0.2, 0.25) is 0 Å². The fraction of sp³-hybridized carbons (Fsp3) is 1.00. The van der Waals surface area contributed by atoms with Crippen molar-refractivity contribution in [3.05, 3.63) is 0 Å². The molecule has 3 nitrogen and oxygen atoms in total. The highest BCUT2D eigenvalue weighted by atomic mass is 15.3. The number of nitrogens with zero attached hydrogens (tertiary/aromatic N) is 2. The number of fused-ring (bicyclic) bond motifs is 5. The summed E-state index contributed by atoms with van der Waals surface area (Å²) in [5, 5.41) is 3.86. The first-order chi connectivity index (χ1) is 8.83. The van der Waals surface area contributed by atoms with Gasteiger partial charge in [-0.25, -0.2) is 0 Å². The molecule has 4 fully saturated rings. The summed E-state index contributed by atoms with van der Waals surface area (Å²) in [7, 11) is 2.23. The third-order valence-corrected chi connectivity index (χ3v) is 6.14. The van der Waals surface area contributed by atoms with Gasteiger partial charge >= 0.3 is 0 Å². The minimum Gasteiger partial charge on any atom is -0.312 e. The van der Waals surface area contributed by atoms with E-state index in [1.54, 1.807) is 19.3 Å². The number of nitrogens with one attached hydrogen (secondary N) is 1. The van der Waals surface area contributed by atoms with Gasteiger partial charge in [0.25, 0.3) is 0 Å². The van der Waals surface area contributed by atoms with Gasteiger partial charge in [0.05, 0.1) is 0 Å². The molecule has 0 amide bonds. The monoisotopic (exact) mass is 249 g/mol. The largest absolute Gasteiger partial charge is 0.312 e. The molecule has 0 spiro atoms. The summed E-state index contributed by atoms with van der Waals surface area (Å²) in [5.41, 5.74) is 0. The second kappa shape index (κ2) is 4.46. The second-order valence-electron chi connectivity index (χ2n) is 7.11. The summed E-state index contributed by atoms with van der Waals surface area (Å²) >= 11 is 0. The molecule has 0 aromatic rings. The average Bonchev–Trinajstić information content (AvgIpc) is 2.79. The molecule has 4 rings (SSSR count). The average molecular weight is 249 g/mol. The molecule has 0 aromatic heterocycles. The van der Waals surface area contributed by atoms with E-state index in [4.69, 9.17) is 0 Å². The van der Waals surface area contributed by atoms with Crippen LogP contribution in [0.5, 0.6) is 0 Å². The number of hydrogen-bond acceptors (Lipinski definition) is 3. The van der Waals surface area contributed by atoms with Gasteiger partial charge < -0.3 is 10.2 Å². The van der Waals surface area contributed by atoms with Crippen LogP contribution in [0.1, 0.15) is 19.3 Å². The van der Waals surface area contributed by atoms with E-state index in [0.717, 1.165) is 29.7 Å². The molecule has 18 heavy (non-hydrogen) atoms. The molecule has 3 aliphatic carbocycles. The van der Waals surface area contributed by atoms with Crippen LogP contribution in [0, 0.1) is 23.7 Å². The topological polar surface area (TPSA) is 18.5 Å². The molecular weight excluding hydrogens is 222 g/mol. The van der Waals surface area contributed by atoms with Crippen LogP contribution in [-0.2, 0) is 0 Å². The molecule has 4 atom stereocenters. The van der Waals surface area contributed by atoms with E-state index in [1.165, 1.54) is 39.3 Å². The van der Waals surface area contributed by atoms with Crippen molar-refractivity contribution in [2.24, 2.45) is 23.7 Å². The van der Waals surface area contributed by atoms with Crippen molar-refractivity contribution >= 4 is 0 Å². The Hall–Kier alpha value is -0.120. The van der Waals surface area contributed by atoms with Crippen molar-refractivity contribution in [1.82, 2.24) is 15.1 Å². The predicted octanol–water partition coefficient (Wildman–Crippen LogP) is 0.868. The Morgan fingerprint density at radius 2 is 1.67 bits per heavy atom. The van der Waals surface area contributed by atoms with E-state index in [2.05, 4.69) is 22.2 Å². The van der Waals surface area contributed by atoms with Gasteiger partial charge in [-0.1, -0.05) is 0 Å². The highest BCUT2D eigenvalue weighted by Crippen LogP contribution is 2.65. The van der Waals surface area contributed by atoms with Crippen LogP contribution in [-0.4, -0.2) is 62.2 Å². The summed E-state index contributed by atoms with van der Waals surface area (Å²) in [6.07, 6.45) is 4.66. The van der Waals surface area contributed by atoms with Gasteiger partial charge in [0, 0.05) is 45.3 Å². The van der Waals surface area contributed by atoms with E-state index in [-0.39, 0.29) is 0 Å². The van der Waals surface area contributed by atoms with Crippen molar-refractivity contribution in [2.75, 3.05) is 46.3 Å². The predicted molar refractivity (Wildman–Crippen MR) is 73.5 cm³/mol. The molecule has 1 aliphatic heterocycles. The maximum Gasteiger partial charge on any atom is 0.0136 e. The first-order valence-electron chi connectivity index (χ1n) is 7.97. The SMILES string of the molecule is CN1CCN(CCNC2C3C4CCC(C4)C23)CC1. The molecule has 1 saturated heterocycles. The molecule has 1 heterocycles. The summed E-state index contributed by atoms with van der Waals surface area (Å²) in [4.78, 5) is 5.06. The zero-order valence-electron chi connectivity index (χ0n) is 11.6. The van der Waals surface area contributed by atoms with E-state index < -0.39 is 0 Å². The van der Waals surface area contributed by atoms with Gasteiger partial charge in [-0.3, -0.25) is 4.90 Å². The lowest BCUT2D eigenvalue weighted by Gasteiger charge is -2.32. The number of likely N-dealkylation sites (N-methyl/N-ethyl adjacent to an activating group) is 1. The van der Waals surface area contributed by atoms with Gasteiger partial charge in [0.1, 0.15) is 0 Å². The van der Waals surface area contributed by atoms with Crippen LogP contribution in [0.4, 0.5) is 0 Å². The van der Waals surface area contributed by atoms with Gasteiger partial charge in [-0.05, 0) is 50.0 Å². The highest BCUT2D eigenvalue weighted by Gasteiger charge is 2.64. The molecule has 4 aliphatic rings. The number of piperazine rings is 1. The van der Waals surface area contributed by atoms with E-state index in [9.17, 15) is 0 Å². The lowest BCUT2D eigenvalue weighted by atomic mass is 10.0. The van der Waals surface area contributed by atoms with Crippen LogP contribution >= 0.6 is 0 Å². The highest BCUT2D eigenvalue weighted by molar-refractivity contribution is 5.16. The number of hydrogen-bond donors (Lipinski definition) is 1. The zero-order valence-corrected chi connectivity index (χ0v) is 11.6. The summed E-state index contributed by atoms with van der Waals surface area (Å²) in [6.45, 7) is 7.51. The minimum atomic E-state index is 0.920. The number of rotatable bonds is 4.